The number of aryl methyl sites for hydroxylation is 1. The average Bonchev–Trinajstić information content (AvgIpc) is 3.38. The third-order valence-electron chi connectivity index (χ3n) is 5.40. The zero-order valence-corrected chi connectivity index (χ0v) is 19.3. The molecule has 0 spiro atoms. The van der Waals surface area contributed by atoms with Crippen LogP contribution in [0.4, 0.5) is 0 Å². The molecule has 8 nitrogen and oxygen atoms in total. The summed E-state index contributed by atoms with van der Waals surface area (Å²) in [6.07, 6.45) is 5.66. The fourth-order valence-electron chi connectivity index (χ4n) is 3.84. The normalized spacial score (nSPS) is 20.1. The van der Waals surface area contributed by atoms with E-state index in [-0.39, 0.29) is 36.0 Å². The van der Waals surface area contributed by atoms with Crippen LogP contribution in [0.25, 0.3) is 5.65 Å². The molecule has 2 aliphatic rings. The van der Waals surface area contributed by atoms with Gasteiger partial charge in [-0.1, -0.05) is 0 Å². The molecule has 2 fully saturated rings. The Morgan fingerprint density at radius 3 is 2.76 bits per heavy atom. The number of nitrogens with zero attached hydrogens (tertiary/aromatic N) is 5. The zero-order valence-electron chi connectivity index (χ0n) is 17.0. The number of imidazole rings is 1. The van der Waals surface area contributed by atoms with Crippen molar-refractivity contribution in [2.75, 3.05) is 39.8 Å². The Hall–Kier alpha value is -1.88. The summed E-state index contributed by atoms with van der Waals surface area (Å²) < 4.78 is 7.56. The molecule has 2 aromatic rings. The number of amides is 1. The maximum absolute atomic E-state index is 12.5. The van der Waals surface area contributed by atoms with Gasteiger partial charge in [-0.15, -0.1) is 24.0 Å². The molecule has 9 heteroatoms. The van der Waals surface area contributed by atoms with E-state index in [1.54, 1.807) is 7.05 Å². The number of guanidine groups is 1. The third-order valence-corrected chi connectivity index (χ3v) is 5.40. The van der Waals surface area contributed by atoms with Gasteiger partial charge in [0.1, 0.15) is 11.8 Å². The highest BCUT2D eigenvalue weighted by Crippen LogP contribution is 2.16. The molecule has 29 heavy (non-hydrogen) atoms. The summed E-state index contributed by atoms with van der Waals surface area (Å²) in [5, 5.41) is 3.40. The second kappa shape index (κ2) is 9.75. The molecule has 2 aliphatic heterocycles. The Kier molecular flexibility index (Phi) is 7.33. The molecule has 0 aromatic carbocycles. The van der Waals surface area contributed by atoms with Crippen molar-refractivity contribution >= 4 is 41.5 Å². The van der Waals surface area contributed by atoms with Gasteiger partial charge in [-0.05, 0) is 37.5 Å². The van der Waals surface area contributed by atoms with Gasteiger partial charge in [0.15, 0.2) is 5.96 Å². The van der Waals surface area contributed by atoms with E-state index in [0.29, 0.717) is 26.2 Å². The Balaban J connectivity index is 0.00000240. The van der Waals surface area contributed by atoms with Gasteiger partial charge >= 0.3 is 0 Å². The van der Waals surface area contributed by atoms with Crippen molar-refractivity contribution in [2.45, 2.75) is 32.4 Å². The first kappa shape index (κ1) is 21.8. The third kappa shape index (κ3) is 5.00. The summed E-state index contributed by atoms with van der Waals surface area (Å²) >= 11 is 0. The number of pyridine rings is 1. The first-order valence-electron chi connectivity index (χ1n) is 9.94. The molecule has 4 rings (SSSR count). The number of piperazine rings is 1. The van der Waals surface area contributed by atoms with Crippen molar-refractivity contribution in [2.24, 2.45) is 4.99 Å². The molecular weight excluding hydrogens is 483 g/mol. The largest absolute Gasteiger partial charge is 0.368 e. The SMILES string of the molecule is CN=C(NCc1cn2ccc(C)cc2n1)N1CCN(C(=O)C2CCCO2)CC1.I. The lowest BCUT2D eigenvalue weighted by Gasteiger charge is -2.37. The summed E-state index contributed by atoms with van der Waals surface area (Å²) in [5.41, 5.74) is 3.12. The first-order valence-corrected chi connectivity index (χ1v) is 9.94. The van der Waals surface area contributed by atoms with Gasteiger partial charge in [0.05, 0.1) is 12.2 Å². The monoisotopic (exact) mass is 512 g/mol. The van der Waals surface area contributed by atoms with E-state index < -0.39 is 0 Å². The number of rotatable bonds is 3. The molecule has 2 saturated heterocycles. The minimum atomic E-state index is -0.234. The average molecular weight is 512 g/mol. The van der Waals surface area contributed by atoms with Crippen LogP contribution in [0.2, 0.25) is 0 Å². The fraction of sp³-hybridized carbons (Fsp3) is 0.550. The molecule has 0 bridgehead atoms. The van der Waals surface area contributed by atoms with Gasteiger partial charge in [0.2, 0.25) is 0 Å². The van der Waals surface area contributed by atoms with E-state index >= 15 is 0 Å². The number of hydrogen-bond donors (Lipinski definition) is 1. The quantitative estimate of drug-likeness (QED) is 0.385. The lowest BCUT2D eigenvalue weighted by molar-refractivity contribution is -0.142. The Bertz CT molecular complexity index is 869. The molecule has 0 radical (unpaired) electrons. The number of carbonyl (C=O) groups excluding carboxylic acids is 1. The Morgan fingerprint density at radius 1 is 1.31 bits per heavy atom. The number of aliphatic imine (C=N–C) groups is 1. The van der Waals surface area contributed by atoms with E-state index in [0.717, 1.165) is 43.2 Å². The van der Waals surface area contributed by atoms with Crippen LogP contribution in [0.5, 0.6) is 0 Å². The first-order chi connectivity index (χ1) is 13.6. The smallest absolute Gasteiger partial charge is 0.251 e. The van der Waals surface area contributed by atoms with Crippen LogP contribution in [-0.2, 0) is 16.1 Å². The predicted molar refractivity (Wildman–Crippen MR) is 123 cm³/mol. The van der Waals surface area contributed by atoms with Gasteiger partial charge < -0.3 is 24.3 Å². The molecule has 2 aromatic heterocycles. The van der Waals surface area contributed by atoms with Crippen molar-refractivity contribution in [3.8, 4) is 0 Å². The summed E-state index contributed by atoms with van der Waals surface area (Å²) in [5.74, 6) is 0.984. The topological polar surface area (TPSA) is 74.5 Å². The Labute approximate surface area is 188 Å². The molecule has 1 atom stereocenters. The molecule has 0 saturated carbocycles. The van der Waals surface area contributed by atoms with Crippen LogP contribution in [0, 0.1) is 6.92 Å². The molecule has 0 aliphatic carbocycles. The maximum atomic E-state index is 12.5. The van der Waals surface area contributed by atoms with Crippen LogP contribution < -0.4 is 5.32 Å². The number of hydrogen-bond acceptors (Lipinski definition) is 4. The summed E-state index contributed by atoms with van der Waals surface area (Å²) in [7, 11) is 1.79. The van der Waals surface area contributed by atoms with Crippen LogP contribution in [0.1, 0.15) is 24.1 Å². The Morgan fingerprint density at radius 2 is 2.07 bits per heavy atom. The van der Waals surface area contributed by atoms with Crippen LogP contribution in [0.3, 0.4) is 0 Å². The van der Waals surface area contributed by atoms with Gasteiger partial charge in [-0.25, -0.2) is 4.98 Å². The molecule has 1 N–H and O–H groups in total. The predicted octanol–water partition coefficient (Wildman–Crippen LogP) is 1.66. The van der Waals surface area contributed by atoms with E-state index in [1.165, 1.54) is 5.56 Å². The highest BCUT2D eigenvalue weighted by Gasteiger charge is 2.30. The van der Waals surface area contributed by atoms with Crippen LogP contribution in [-0.4, -0.2) is 77.0 Å². The second-order valence-corrected chi connectivity index (χ2v) is 7.42. The highest BCUT2D eigenvalue weighted by molar-refractivity contribution is 14.0. The summed E-state index contributed by atoms with van der Waals surface area (Å²) in [6, 6.07) is 4.14. The van der Waals surface area contributed by atoms with Crippen LogP contribution in [0.15, 0.2) is 29.5 Å². The number of carbonyl (C=O) groups is 1. The highest BCUT2D eigenvalue weighted by atomic mass is 127. The summed E-state index contributed by atoms with van der Waals surface area (Å²) in [4.78, 5) is 25.7. The van der Waals surface area contributed by atoms with Gasteiger partial charge in [-0.3, -0.25) is 9.79 Å². The molecular formula is C20H29IN6O2. The van der Waals surface area contributed by atoms with E-state index in [1.807, 2.05) is 21.7 Å². The van der Waals surface area contributed by atoms with Crippen molar-refractivity contribution in [1.29, 1.82) is 0 Å². The molecule has 1 amide bonds. The van der Waals surface area contributed by atoms with Crippen molar-refractivity contribution in [1.82, 2.24) is 24.5 Å². The van der Waals surface area contributed by atoms with E-state index in [2.05, 4.69) is 39.2 Å². The zero-order chi connectivity index (χ0) is 19.5. The second-order valence-electron chi connectivity index (χ2n) is 7.42. The van der Waals surface area contributed by atoms with Crippen LogP contribution >= 0.6 is 24.0 Å². The number of aromatic nitrogens is 2. The van der Waals surface area contributed by atoms with Gasteiger partial charge in [0.25, 0.3) is 5.91 Å². The van der Waals surface area contributed by atoms with Crippen molar-refractivity contribution < 1.29 is 9.53 Å². The van der Waals surface area contributed by atoms with Gasteiger partial charge in [-0.2, -0.15) is 0 Å². The minimum absolute atomic E-state index is 0. The fourth-order valence-corrected chi connectivity index (χ4v) is 3.84. The summed E-state index contributed by atoms with van der Waals surface area (Å²) in [6.45, 7) is 6.32. The molecule has 1 unspecified atom stereocenters. The maximum Gasteiger partial charge on any atom is 0.251 e. The molecule has 158 valence electrons. The van der Waals surface area contributed by atoms with E-state index in [4.69, 9.17) is 4.74 Å². The van der Waals surface area contributed by atoms with Crippen molar-refractivity contribution in [3.05, 3.63) is 35.8 Å². The van der Waals surface area contributed by atoms with E-state index in [9.17, 15) is 4.79 Å². The van der Waals surface area contributed by atoms with Gasteiger partial charge in [0, 0.05) is 52.2 Å². The minimum Gasteiger partial charge on any atom is -0.368 e. The number of ether oxygens (including phenoxy) is 1. The standard InChI is InChI=1S/C20H28N6O2.HI/c1-15-5-6-26-14-16(23-18(26)12-15)13-22-20(21-2)25-9-7-24(8-10-25)19(27)17-4-3-11-28-17;/h5-6,12,14,17H,3-4,7-11,13H2,1-2H3,(H,21,22);1H. The number of halogens is 1. The van der Waals surface area contributed by atoms with Crippen molar-refractivity contribution in [3.63, 3.8) is 0 Å². The molecule has 4 heterocycles. The lowest BCUT2D eigenvalue weighted by Crippen LogP contribution is -2.55. The number of nitrogens with one attached hydrogen (secondary N) is 1. The lowest BCUT2D eigenvalue weighted by atomic mass is 10.2. The number of fused-ring (bicyclic) bond motifs is 1.